The van der Waals surface area contributed by atoms with Gasteiger partial charge < -0.3 is 14.6 Å². The molecule has 0 spiro atoms. The zero-order chi connectivity index (χ0) is 21.4. The lowest BCUT2D eigenvalue weighted by atomic mass is 9.74. The van der Waals surface area contributed by atoms with Gasteiger partial charge in [0.25, 0.3) is 0 Å². The summed E-state index contributed by atoms with van der Waals surface area (Å²) in [6, 6.07) is 12.6. The first-order valence-electron chi connectivity index (χ1n) is 10.7. The van der Waals surface area contributed by atoms with E-state index in [0.717, 1.165) is 53.1 Å². The van der Waals surface area contributed by atoms with Crippen molar-refractivity contribution < 1.29 is 14.6 Å². The van der Waals surface area contributed by atoms with Crippen LogP contribution in [0.3, 0.4) is 0 Å². The summed E-state index contributed by atoms with van der Waals surface area (Å²) in [6.07, 6.45) is 2.11. The van der Waals surface area contributed by atoms with Crippen molar-refractivity contribution in [2.24, 2.45) is 4.99 Å². The highest BCUT2D eigenvalue weighted by atomic mass is 32.1. The van der Waals surface area contributed by atoms with Gasteiger partial charge in [0.2, 0.25) is 0 Å². The Morgan fingerprint density at radius 1 is 1.10 bits per heavy atom. The van der Waals surface area contributed by atoms with Gasteiger partial charge in [0.05, 0.1) is 31.6 Å². The Hall–Kier alpha value is -2.77. The summed E-state index contributed by atoms with van der Waals surface area (Å²) in [5.41, 5.74) is 6.19. The Kier molecular flexibility index (Phi) is 5.46. The molecule has 31 heavy (non-hydrogen) atoms. The van der Waals surface area contributed by atoms with Gasteiger partial charge in [-0.3, -0.25) is 4.99 Å². The van der Waals surface area contributed by atoms with Crippen LogP contribution < -0.4 is 9.47 Å². The van der Waals surface area contributed by atoms with Gasteiger partial charge in [0.15, 0.2) is 11.5 Å². The molecule has 6 nitrogen and oxygen atoms in total. The molecule has 0 amide bonds. The maximum Gasteiger partial charge on any atom is 0.161 e. The summed E-state index contributed by atoms with van der Waals surface area (Å²) in [5, 5.41) is 16.4. The number of hydrogen-bond donors (Lipinski definition) is 1. The van der Waals surface area contributed by atoms with Crippen molar-refractivity contribution in [2.45, 2.75) is 44.2 Å². The molecule has 2 aromatic carbocycles. The number of benzene rings is 2. The van der Waals surface area contributed by atoms with Gasteiger partial charge in [-0.05, 0) is 55.4 Å². The highest BCUT2D eigenvalue weighted by Crippen LogP contribution is 2.45. The summed E-state index contributed by atoms with van der Waals surface area (Å²) >= 11 is 1.35. The van der Waals surface area contributed by atoms with E-state index in [1.165, 1.54) is 17.1 Å². The molecule has 3 atom stereocenters. The lowest BCUT2D eigenvalue weighted by molar-refractivity contribution is 0.111. The number of methoxy groups -OCH3 is 1. The molecule has 160 valence electrons. The third-order valence-electron chi connectivity index (χ3n) is 6.19. The Morgan fingerprint density at radius 2 is 1.90 bits per heavy atom. The maximum absolute atomic E-state index is 10.3. The smallest absolute Gasteiger partial charge is 0.161 e. The predicted molar refractivity (Wildman–Crippen MR) is 122 cm³/mol. The number of aliphatic hydroxyl groups excluding tert-OH is 1. The van der Waals surface area contributed by atoms with Crippen molar-refractivity contribution in [3.8, 4) is 22.8 Å². The van der Waals surface area contributed by atoms with Crippen LogP contribution in [-0.2, 0) is 0 Å². The fraction of sp³-hybridized carbons (Fsp3) is 0.375. The van der Waals surface area contributed by atoms with Crippen LogP contribution in [0.25, 0.3) is 11.3 Å². The van der Waals surface area contributed by atoms with E-state index in [9.17, 15) is 5.11 Å². The third-order valence-corrected chi connectivity index (χ3v) is 6.69. The molecule has 3 unspecified atom stereocenters. The largest absolute Gasteiger partial charge is 0.493 e. The van der Waals surface area contributed by atoms with Gasteiger partial charge in [-0.25, -0.2) is 0 Å². The normalized spacial score (nSPS) is 22.3. The van der Waals surface area contributed by atoms with Crippen LogP contribution in [0.5, 0.6) is 11.5 Å². The van der Waals surface area contributed by atoms with Gasteiger partial charge >= 0.3 is 0 Å². The Balaban J connectivity index is 1.61. The molecule has 7 heteroatoms. The second-order valence-corrected chi connectivity index (χ2v) is 8.62. The molecule has 1 aromatic heterocycles. The van der Waals surface area contributed by atoms with Gasteiger partial charge in [-0.2, -0.15) is 0 Å². The predicted octanol–water partition coefficient (Wildman–Crippen LogP) is 4.46. The minimum atomic E-state index is -0.283. The van der Waals surface area contributed by atoms with Gasteiger partial charge in [-0.1, -0.05) is 28.8 Å². The number of fused-ring (bicyclic) bond motifs is 3. The van der Waals surface area contributed by atoms with Gasteiger partial charge in [0, 0.05) is 28.0 Å². The van der Waals surface area contributed by atoms with Gasteiger partial charge in [-0.15, -0.1) is 5.10 Å². The van der Waals surface area contributed by atoms with E-state index in [-0.39, 0.29) is 18.1 Å². The van der Waals surface area contributed by atoms with E-state index in [1.54, 1.807) is 7.11 Å². The number of aromatic nitrogens is 2. The Morgan fingerprint density at radius 3 is 2.61 bits per heavy atom. The molecule has 0 radical (unpaired) electrons. The van der Waals surface area contributed by atoms with E-state index >= 15 is 0 Å². The van der Waals surface area contributed by atoms with Crippen molar-refractivity contribution in [2.75, 3.05) is 13.7 Å². The van der Waals surface area contributed by atoms with E-state index in [0.29, 0.717) is 12.4 Å². The molecule has 1 saturated carbocycles. The second kappa shape index (κ2) is 8.40. The first-order valence-corrected chi connectivity index (χ1v) is 11.5. The van der Waals surface area contributed by atoms with Crippen molar-refractivity contribution in [1.82, 2.24) is 9.59 Å². The average Bonchev–Trinajstić information content (AvgIpc) is 3.34. The zero-order valence-electron chi connectivity index (χ0n) is 17.6. The monoisotopic (exact) mass is 435 g/mol. The van der Waals surface area contributed by atoms with Crippen LogP contribution in [0.4, 0.5) is 0 Å². The van der Waals surface area contributed by atoms with Crippen LogP contribution >= 0.6 is 11.5 Å². The molecule has 2 aliphatic rings. The molecule has 1 fully saturated rings. The molecule has 1 aliphatic carbocycles. The third kappa shape index (κ3) is 3.72. The molecule has 3 aromatic rings. The van der Waals surface area contributed by atoms with E-state index in [1.807, 2.05) is 18.4 Å². The van der Waals surface area contributed by atoms with Crippen LogP contribution in [0.1, 0.15) is 48.8 Å². The Bertz CT molecular complexity index is 1100. The minimum Gasteiger partial charge on any atom is -0.493 e. The quantitative estimate of drug-likeness (QED) is 0.640. The zero-order valence-corrected chi connectivity index (χ0v) is 18.4. The van der Waals surface area contributed by atoms with Gasteiger partial charge in [0.1, 0.15) is 5.69 Å². The summed E-state index contributed by atoms with van der Waals surface area (Å²) in [5.74, 6) is 1.64. The SMILES string of the molecule is CCOc1cc2c(cc1OC)C(c1ccc(-c3csnn3)cc1)=NC1CCC(O)CC21. The van der Waals surface area contributed by atoms with Crippen LogP contribution in [0.15, 0.2) is 46.8 Å². The molecule has 5 rings (SSSR count). The lowest BCUT2D eigenvalue weighted by Gasteiger charge is -2.37. The molecular formula is C24H25N3O3S. The topological polar surface area (TPSA) is 76.8 Å². The fourth-order valence-corrected chi connectivity index (χ4v) is 5.16. The fourth-order valence-electron chi connectivity index (χ4n) is 4.69. The number of nitrogens with zero attached hydrogens (tertiary/aromatic N) is 3. The molecule has 0 bridgehead atoms. The molecular weight excluding hydrogens is 410 g/mol. The minimum absolute atomic E-state index is 0.163. The van der Waals surface area contributed by atoms with Crippen LogP contribution in [-0.4, -0.2) is 46.3 Å². The average molecular weight is 436 g/mol. The highest BCUT2D eigenvalue weighted by Gasteiger charge is 2.37. The number of hydrogen-bond acceptors (Lipinski definition) is 7. The van der Waals surface area contributed by atoms with Crippen molar-refractivity contribution in [1.29, 1.82) is 0 Å². The van der Waals surface area contributed by atoms with Crippen molar-refractivity contribution in [3.05, 3.63) is 58.5 Å². The molecule has 0 saturated heterocycles. The number of aliphatic hydroxyl groups is 1. The number of rotatable bonds is 5. The summed E-state index contributed by atoms with van der Waals surface area (Å²) in [7, 11) is 1.66. The molecule has 1 N–H and O–H groups in total. The van der Waals surface area contributed by atoms with Crippen LogP contribution in [0.2, 0.25) is 0 Å². The first kappa shape index (κ1) is 20.2. The van der Waals surface area contributed by atoms with Crippen LogP contribution in [0, 0.1) is 0 Å². The number of ether oxygens (including phenoxy) is 2. The van der Waals surface area contributed by atoms with E-state index < -0.39 is 0 Å². The summed E-state index contributed by atoms with van der Waals surface area (Å²) < 4.78 is 15.4. The van der Waals surface area contributed by atoms with E-state index in [2.05, 4.69) is 39.9 Å². The Labute approximate surface area is 185 Å². The van der Waals surface area contributed by atoms with E-state index in [4.69, 9.17) is 14.5 Å². The number of aliphatic imine (C=N–C) groups is 1. The first-order chi connectivity index (χ1) is 15.2. The lowest BCUT2D eigenvalue weighted by Crippen LogP contribution is -2.34. The van der Waals surface area contributed by atoms with Crippen molar-refractivity contribution in [3.63, 3.8) is 0 Å². The molecule has 2 heterocycles. The van der Waals surface area contributed by atoms with Crippen molar-refractivity contribution >= 4 is 17.2 Å². The summed E-state index contributed by atoms with van der Waals surface area (Å²) in [4.78, 5) is 5.18. The highest BCUT2D eigenvalue weighted by molar-refractivity contribution is 7.03. The summed E-state index contributed by atoms with van der Waals surface area (Å²) in [6.45, 7) is 2.54. The standard InChI is InChI=1S/C24H25N3O3S/c1-3-30-23-11-17-18-10-16(28)8-9-20(18)25-24(19(17)12-22(23)29-2)15-6-4-14(5-7-15)21-13-31-27-26-21/h4-7,11-13,16,18,20,28H,3,8-10H2,1-2H3. The second-order valence-electron chi connectivity index (χ2n) is 8.01. The maximum atomic E-state index is 10.3. The molecule has 1 aliphatic heterocycles.